The molecule has 0 aliphatic heterocycles. The zero-order valence-electron chi connectivity index (χ0n) is 18.7. The standard InChI is InChI=1S/C25H26Cl2F3N3O/c1-2-3-4-13-33(24(34)31-23-21(26)11-6-12-22(23)27)17-20-10-7-14-32(20)16-18-8-5-9-19(15-18)25(28,29)30/h5-12,14-15H,2-4,13,16-17H2,1H3,(H,31,34). The molecule has 2 aromatic carbocycles. The summed E-state index contributed by atoms with van der Waals surface area (Å²) >= 11 is 12.4. The van der Waals surface area contributed by atoms with Crippen molar-refractivity contribution in [3.63, 3.8) is 0 Å². The molecule has 1 heterocycles. The number of halogens is 5. The Labute approximate surface area is 207 Å². The molecule has 2 amide bonds. The van der Waals surface area contributed by atoms with E-state index in [0.717, 1.165) is 37.1 Å². The Morgan fingerprint density at radius 1 is 1.03 bits per heavy atom. The van der Waals surface area contributed by atoms with Crippen molar-refractivity contribution in [3.05, 3.63) is 87.7 Å². The average molecular weight is 512 g/mol. The van der Waals surface area contributed by atoms with Gasteiger partial charge in [0.2, 0.25) is 0 Å². The molecule has 3 aromatic rings. The maximum atomic E-state index is 13.1. The maximum absolute atomic E-state index is 13.1. The van der Waals surface area contributed by atoms with E-state index in [4.69, 9.17) is 23.2 Å². The lowest BCUT2D eigenvalue weighted by atomic mass is 10.1. The zero-order valence-corrected chi connectivity index (χ0v) is 20.2. The molecule has 0 radical (unpaired) electrons. The van der Waals surface area contributed by atoms with E-state index >= 15 is 0 Å². The van der Waals surface area contributed by atoms with Crippen LogP contribution in [0.5, 0.6) is 0 Å². The summed E-state index contributed by atoms with van der Waals surface area (Å²) < 4.78 is 41.1. The Hall–Kier alpha value is -2.64. The summed E-state index contributed by atoms with van der Waals surface area (Å²) in [4.78, 5) is 14.8. The van der Waals surface area contributed by atoms with E-state index in [1.807, 2.05) is 16.7 Å². The van der Waals surface area contributed by atoms with Crippen LogP contribution in [0.4, 0.5) is 23.7 Å². The first-order valence-electron chi connectivity index (χ1n) is 11.0. The molecule has 0 saturated carbocycles. The zero-order chi connectivity index (χ0) is 24.7. The Balaban J connectivity index is 1.79. The predicted octanol–water partition coefficient (Wildman–Crippen LogP) is 8.09. The number of hydrogen-bond acceptors (Lipinski definition) is 1. The number of aromatic nitrogens is 1. The summed E-state index contributed by atoms with van der Waals surface area (Å²) in [5, 5.41) is 3.47. The summed E-state index contributed by atoms with van der Waals surface area (Å²) in [5.41, 5.74) is 0.984. The number of benzene rings is 2. The van der Waals surface area contributed by atoms with Crippen molar-refractivity contribution >= 4 is 34.9 Å². The number of unbranched alkanes of at least 4 members (excludes halogenated alkanes) is 2. The molecule has 1 N–H and O–H groups in total. The monoisotopic (exact) mass is 511 g/mol. The summed E-state index contributed by atoms with van der Waals surface area (Å²) in [7, 11) is 0. The van der Waals surface area contributed by atoms with Gasteiger partial charge in [-0.3, -0.25) is 0 Å². The molecule has 3 rings (SSSR count). The van der Waals surface area contributed by atoms with E-state index in [-0.39, 0.29) is 19.1 Å². The molecule has 34 heavy (non-hydrogen) atoms. The van der Waals surface area contributed by atoms with Gasteiger partial charge in [0.15, 0.2) is 0 Å². The molecule has 0 fully saturated rings. The number of nitrogens with one attached hydrogen (secondary N) is 1. The maximum Gasteiger partial charge on any atom is 0.416 e. The first-order chi connectivity index (χ1) is 16.2. The minimum absolute atomic E-state index is 0.257. The largest absolute Gasteiger partial charge is 0.416 e. The Bertz CT molecular complexity index is 1090. The van der Waals surface area contributed by atoms with Crippen LogP contribution in [0, 0.1) is 0 Å². The van der Waals surface area contributed by atoms with E-state index in [1.165, 1.54) is 6.07 Å². The second-order valence-electron chi connectivity index (χ2n) is 7.98. The molecule has 1 aromatic heterocycles. The molecule has 4 nitrogen and oxygen atoms in total. The lowest BCUT2D eigenvalue weighted by molar-refractivity contribution is -0.137. The predicted molar refractivity (Wildman–Crippen MR) is 130 cm³/mol. The highest BCUT2D eigenvalue weighted by Gasteiger charge is 2.30. The number of anilines is 1. The summed E-state index contributed by atoms with van der Waals surface area (Å²) in [6, 6.07) is 13.6. The van der Waals surface area contributed by atoms with Gasteiger partial charge >= 0.3 is 12.2 Å². The van der Waals surface area contributed by atoms with Crippen molar-refractivity contribution in [1.82, 2.24) is 9.47 Å². The van der Waals surface area contributed by atoms with Crippen LogP contribution in [-0.2, 0) is 19.3 Å². The van der Waals surface area contributed by atoms with Crippen molar-refractivity contribution < 1.29 is 18.0 Å². The number of alkyl halides is 3. The van der Waals surface area contributed by atoms with E-state index in [0.29, 0.717) is 27.8 Å². The van der Waals surface area contributed by atoms with E-state index in [1.54, 1.807) is 35.4 Å². The highest BCUT2D eigenvalue weighted by Crippen LogP contribution is 2.31. The van der Waals surface area contributed by atoms with Gasteiger partial charge in [-0.2, -0.15) is 13.2 Å². The topological polar surface area (TPSA) is 37.3 Å². The van der Waals surface area contributed by atoms with Crippen LogP contribution in [0.25, 0.3) is 0 Å². The number of carbonyl (C=O) groups is 1. The van der Waals surface area contributed by atoms with Gasteiger partial charge in [-0.25, -0.2) is 4.79 Å². The highest BCUT2D eigenvalue weighted by molar-refractivity contribution is 6.39. The molecule has 0 atom stereocenters. The van der Waals surface area contributed by atoms with Crippen LogP contribution >= 0.6 is 23.2 Å². The molecule has 0 saturated heterocycles. The molecule has 0 aliphatic rings. The van der Waals surface area contributed by atoms with Gasteiger partial charge in [-0.15, -0.1) is 0 Å². The number of rotatable bonds is 9. The Morgan fingerprint density at radius 2 is 1.74 bits per heavy atom. The van der Waals surface area contributed by atoms with Crippen molar-refractivity contribution in [2.75, 3.05) is 11.9 Å². The number of carbonyl (C=O) groups excluding carboxylic acids is 1. The molecular weight excluding hydrogens is 486 g/mol. The number of hydrogen-bond donors (Lipinski definition) is 1. The van der Waals surface area contributed by atoms with E-state index < -0.39 is 11.7 Å². The van der Waals surface area contributed by atoms with Crippen molar-refractivity contribution in [1.29, 1.82) is 0 Å². The fourth-order valence-corrected chi connectivity index (χ4v) is 4.09. The molecule has 182 valence electrons. The SMILES string of the molecule is CCCCCN(Cc1cccn1Cc1cccc(C(F)(F)F)c1)C(=O)Nc1c(Cl)cccc1Cl. The third kappa shape index (κ3) is 6.93. The van der Waals surface area contributed by atoms with Crippen LogP contribution in [0.2, 0.25) is 10.0 Å². The molecule has 0 spiro atoms. The van der Waals surface area contributed by atoms with E-state index in [9.17, 15) is 18.0 Å². The molecule has 0 bridgehead atoms. The third-order valence-electron chi connectivity index (χ3n) is 5.40. The highest BCUT2D eigenvalue weighted by atomic mass is 35.5. The first-order valence-corrected chi connectivity index (χ1v) is 11.7. The fourth-order valence-electron chi connectivity index (χ4n) is 3.59. The number of nitrogens with zero attached hydrogens (tertiary/aromatic N) is 2. The van der Waals surface area contributed by atoms with Crippen molar-refractivity contribution in [3.8, 4) is 0 Å². The second kappa shape index (κ2) is 11.7. The third-order valence-corrected chi connectivity index (χ3v) is 6.03. The second-order valence-corrected chi connectivity index (χ2v) is 8.80. The lowest BCUT2D eigenvalue weighted by Gasteiger charge is -2.24. The van der Waals surface area contributed by atoms with Crippen molar-refractivity contribution in [2.24, 2.45) is 0 Å². The van der Waals surface area contributed by atoms with Crippen LogP contribution in [-0.4, -0.2) is 22.0 Å². The van der Waals surface area contributed by atoms with Gasteiger partial charge in [0.1, 0.15) is 0 Å². The molecule has 0 unspecified atom stereocenters. The van der Waals surface area contributed by atoms with Gasteiger partial charge in [-0.1, -0.05) is 61.2 Å². The van der Waals surface area contributed by atoms with Gasteiger partial charge in [0.05, 0.1) is 27.8 Å². The number of urea groups is 1. The van der Waals surface area contributed by atoms with Gasteiger partial charge in [0.25, 0.3) is 0 Å². The van der Waals surface area contributed by atoms with Crippen LogP contribution in [0.15, 0.2) is 60.8 Å². The smallest absolute Gasteiger partial charge is 0.345 e. The quantitative estimate of drug-likeness (QED) is 0.289. The summed E-state index contributed by atoms with van der Waals surface area (Å²) in [5.74, 6) is 0. The van der Waals surface area contributed by atoms with Crippen LogP contribution < -0.4 is 5.32 Å². The minimum atomic E-state index is -4.40. The van der Waals surface area contributed by atoms with Gasteiger partial charge in [-0.05, 0) is 48.4 Å². The first kappa shape index (κ1) is 26.0. The van der Waals surface area contributed by atoms with Crippen molar-refractivity contribution in [2.45, 2.75) is 45.5 Å². The van der Waals surface area contributed by atoms with Gasteiger partial charge in [0, 0.05) is 25.0 Å². The van der Waals surface area contributed by atoms with Gasteiger partial charge < -0.3 is 14.8 Å². The van der Waals surface area contributed by atoms with E-state index in [2.05, 4.69) is 12.2 Å². The Morgan fingerprint density at radius 3 is 2.41 bits per heavy atom. The normalized spacial score (nSPS) is 11.5. The van der Waals surface area contributed by atoms with Crippen LogP contribution in [0.3, 0.4) is 0 Å². The number of amides is 2. The fraction of sp³-hybridized carbons (Fsp3) is 0.320. The number of para-hydroxylation sites is 1. The lowest BCUT2D eigenvalue weighted by Crippen LogP contribution is -2.36. The molecule has 0 aliphatic carbocycles. The Kier molecular flexibility index (Phi) is 8.91. The average Bonchev–Trinajstić information content (AvgIpc) is 3.21. The van der Waals surface area contributed by atoms with Crippen LogP contribution in [0.1, 0.15) is 43.0 Å². The molecule has 9 heteroatoms. The minimum Gasteiger partial charge on any atom is -0.345 e. The molecular formula is C25H26Cl2F3N3O. The summed E-state index contributed by atoms with van der Waals surface area (Å²) in [6.07, 6.45) is 0.167. The summed E-state index contributed by atoms with van der Waals surface area (Å²) in [6.45, 7) is 3.13.